The van der Waals surface area contributed by atoms with Gasteiger partial charge in [0.05, 0.1) is 12.5 Å². The summed E-state index contributed by atoms with van der Waals surface area (Å²) in [4.78, 5) is 25.2. The summed E-state index contributed by atoms with van der Waals surface area (Å²) in [7, 11) is -3.55. The summed E-state index contributed by atoms with van der Waals surface area (Å²) < 4.78 is 31.9. The quantitative estimate of drug-likeness (QED) is 0.523. The first kappa shape index (κ1) is 25.6. The van der Waals surface area contributed by atoms with Gasteiger partial charge in [-0.05, 0) is 43.4 Å². The van der Waals surface area contributed by atoms with Gasteiger partial charge in [0.15, 0.2) is 0 Å². The fraction of sp³-hybridized carbons (Fsp3) is 0.385. The minimum Gasteiger partial charge on any atom is -0.466 e. The molecule has 0 aliphatic carbocycles. The lowest BCUT2D eigenvalue weighted by Gasteiger charge is -2.30. The Labute approximate surface area is 201 Å². The van der Waals surface area contributed by atoms with Crippen molar-refractivity contribution in [2.24, 2.45) is 11.8 Å². The first-order valence-electron chi connectivity index (χ1n) is 11.6. The lowest BCUT2D eigenvalue weighted by molar-refractivity contribution is -0.148. The van der Waals surface area contributed by atoms with Crippen LogP contribution in [0.5, 0.6) is 0 Å². The molecule has 0 bridgehead atoms. The predicted molar refractivity (Wildman–Crippen MR) is 132 cm³/mol. The molecule has 182 valence electrons. The van der Waals surface area contributed by atoms with Crippen LogP contribution in [0.1, 0.15) is 30.9 Å². The number of rotatable bonds is 10. The fourth-order valence-corrected chi connectivity index (χ4v) is 5.17. The summed E-state index contributed by atoms with van der Waals surface area (Å²) in [6, 6.07) is 18.9. The zero-order valence-corrected chi connectivity index (χ0v) is 20.2. The van der Waals surface area contributed by atoms with Crippen molar-refractivity contribution in [1.82, 2.24) is 9.62 Å². The smallest absolute Gasteiger partial charge is 0.311 e. The number of esters is 1. The first-order valence-corrected chi connectivity index (χ1v) is 13.1. The Morgan fingerprint density at radius 1 is 1.06 bits per heavy atom. The summed E-state index contributed by atoms with van der Waals surface area (Å²) in [5.41, 5.74) is 1.81. The van der Waals surface area contributed by atoms with Gasteiger partial charge < -0.3 is 10.1 Å². The van der Waals surface area contributed by atoms with Gasteiger partial charge in [-0.15, -0.1) is 0 Å². The van der Waals surface area contributed by atoms with E-state index < -0.39 is 15.9 Å². The van der Waals surface area contributed by atoms with Crippen molar-refractivity contribution in [2.45, 2.75) is 26.2 Å². The number of sulfonamides is 1. The van der Waals surface area contributed by atoms with Gasteiger partial charge in [0.25, 0.3) is 0 Å². The van der Waals surface area contributed by atoms with Crippen LogP contribution in [-0.2, 0) is 30.8 Å². The summed E-state index contributed by atoms with van der Waals surface area (Å²) in [5, 5.41) is 4.11. The van der Waals surface area contributed by atoms with E-state index >= 15 is 0 Å². The van der Waals surface area contributed by atoms with Crippen LogP contribution in [-0.4, -0.2) is 50.8 Å². The van der Waals surface area contributed by atoms with E-state index in [-0.39, 0.29) is 44.0 Å². The highest BCUT2D eigenvalue weighted by molar-refractivity contribution is 7.92. The van der Waals surface area contributed by atoms with Crippen LogP contribution >= 0.6 is 0 Å². The van der Waals surface area contributed by atoms with Crippen LogP contribution in [0.2, 0.25) is 0 Å². The number of benzene rings is 2. The van der Waals surface area contributed by atoms with Crippen LogP contribution in [0, 0.1) is 11.8 Å². The zero-order valence-electron chi connectivity index (χ0n) is 19.4. The highest BCUT2D eigenvalue weighted by Crippen LogP contribution is 2.21. The summed E-state index contributed by atoms with van der Waals surface area (Å²) >= 11 is 0. The Bertz CT molecular complexity index is 1060. The van der Waals surface area contributed by atoms with Gasteiger partial charge in [0.2, 0.25) is 15.9 Å². The maximum atomic E-state index is 12.8. The molecule has 3 rings (SSSR count). The maximum absolute atomic E-state index is 12.8. The van der Waals surface area contributed by atoms with Crippen molar-refractivity contribution >= 4 is 28.0 Å². The highest BCUT2D eigenvalue weighted by Gasteiger charge is 2.30. The van der Waals surface area contributed by atoms with Crippen molar-refractivity contribution in [3.8, 4) is 0 Å². The molecule has 1 saturated heterocycles. The van der Waals surface area contributed by atoms with E-state index in [2.05, 4.69) is 5.32 Å². The van der Waals surface area contributed by atoms with Gasteiger partial charge in [-0.25, -0.2) is 8.42 Å². The van der Waals surface area contributed by atoms with Gasteiger partial charge in [-0.1, -0.05) is 60.7 Å². The zero-order chi connectivity index (χ0) is 24.4. The molecule has 1 atom stereocenters. The minimum absolute atomic E-state index is 0.153. The largest absolute Gasteiger partial charge is 0.466 e. The van der Waals surface area contributed by atoms with Gasteiger partial charge in [0.1, 0.15) is 0 Å². The van der Waals surface area contributed by atoms with Gasteiger partial charge in [0, 0.05) is 31.0 Å². The third-order valence-electron chi connectivity index (χ3n) is 5.88. The Morgan fingerprint density at radius 3 is 2.29 bits per heavy atom. The molecule has 8 heteroatoms. The van der Waals surface area contributed by atoms with Gasteiger partial charge in [-0.3, -0.25) is 9.59 Å². The van der Waals surface area contributed by atoms with E-state index in [1.807, 2.05) is 60.7 Å². The Hall–Kier alpha value is -2.97. The Morgan fingerprint density at radius 2 is 1.68 bits per heavy atom. The SMILES string of the molecule is CCOC(=O)C(CNC(=O)C1CCN(S(=O)(=O)/C=C/c2ccccc2)CC1)Cc1ccccc1. The van der Waals surface area contributed by atoms with E-state index in [1.54, 1.807) is 13.0 Å². The summed E-state index contributed by atoms with van der Waals surface area (Å²) in [6.45, 7) is 2.79. The molecule has 0 saturated carbocycles. The molecule has 1 heterocycles. The number of carbonyl (C=O) groups excluding carboxylic acids is 2. The number of amides is 1. The highest BCUT2D eigenvalue weighted by atomic mass is 32.2. The van der Waals surface area contributed by atoms with E-state index in [0.717, 1.165) is 11.1 Å². The molecule has 2 aromatic rings. The second kappa shape index (κ2) is 12.5. The standard InChI is InChI=1S/C26H32N2O5S/c1-2-33-26(30)24(19-22-11-7-4-8-12-22)20-27-25(29)23-13-16-28(17-14-23)34(31,32)18-15-21-9-5-3-6-10-21/h3-12,15,18,23-24H,2,13-14,16-17,19-20H2,1H3,(H,27,29)/b18-15+. The fourth-order valence-electron chi connectivity index (χ4n) is 3.95. The molecule has 34 heavy (non-hydrogen) atoms. The van der Waals surface area contributed by atoms with Crippen LogP contribution in [0.4, 0.5) is 0 Å². The Balaban J connectivity index is 1.51. The number of nitrogens with zero attached hydrogens (tertiary/aromatic N) is 1. The predicted octanol–water partition coefficient (Wildman–Crippen LogP) is 3.24. The minimum atomic E-state index is -3.55. The van der Waals surface area contributed by atoms with Gasteiger partial charge in [-0.2, -0.15) is 4.31 Å². The maximum Gasteiger partial charge on any atom is 0.311 e. The lowest BCUT2D eigenvalue weighted by Crippen LogP contribution is -2.44. The molecule has 7 nitrogen and oxygen atoms in total. The van der Waals surface area contributed by atoms with Crippen LogP contribution in [0.3, 0.4) is 0 Å². The van der Waals surface area contributed by atoms with Crippen LogP contribution in [0.15, 0.2) is 66.1 Å². The van der Waals surface area contributed by atoms with Crippen molar-refractivity contribution < 1.29 is 22.7 Å². The summed E-state index contributed by atoms with van der Waals surface area (Å²) in [6.07, 6.45) is 2.93. The lowest BCUT2D eigenvalue weighted by atomic mass is 9.96. The summed E-state index contributed by atoms with van der Waals surface area (Å²) in [5.74, 6) is -1.25. The van der Waals surface area contributed by atoms with Crippen LogP contribution in [0.25, 0.3) is 6.08 Å². The molecule has 0 aromatic heterocycles. The third kappa shape index (κ3) is 7.53. The number of hydrogen-bond acceptors (Lipinski definition) is 5. The number of piperidine rings is 1. The second-order valence-corrected chi connectivity index (χ2v) is 10.1. The van der Waals surface area contributed by atoms with Crippen LogP contribution < -0.4 is 5.32 Å². The van der Waals surface area contributed by atoms with Crippen molar-refractivity contribution in [1.29, 1.82) is 0 Å². The molecular weight excluding hydrogens is 452 g/mol. The van der Waals surface area contributed by atoms with E-state index in [9.17, 15) is 18.0 Å². The first-order chi connectivity index (χ1) is 16.4. The number of ether oxygens (including phenoxy) is 1. The monoisotopic (exact) mass is 484 g/mol. The molecule has 1 amide bonds. The molecule has 0 spiro atoms. The van der Waals surface area contributed by atoms with Crippen molar-refractivity contribution in [3.63, 3.8) is 0 Å². The van der Waals surface area contributed by atoms with Gasteiger partial charge >= 0.3 is 5.97 Å². The molecular formula is C26H32N2O5S. The molecule has 1 aliphatic rings. The molecule has 2 aromatic carbocycles. The average Bonchev–Trinajstić information content (AvgIpc) is 2.86. The topological polar surface area (TPSA) is 92.8 Å². The second-order valence-electron chi connectivity index (χ2n) is 8.32. The average molecular weight is 485 g/mol. The molecule has 1 aliphatic heterocycles. The van der Waals surface area contributed by atoms with E-state index in [0.29, 0.717) is 19.3 Å². The van der Waals surface area contributed by atoms with E-state index in [1.165, 1.54) is 9.71 Å². The number of carbonyl (C=O) groups is 2. The molecule has 0 radical (unpaired) electrons. The normalized spacial score (nSPS) is 16.3. The Kier molecular flexibility index (Phi) is 9.42. The van der Waals surface area contributed by atoms with Crippen molar-refractivity contribution in [3.05, 3.63) is 77.2 Å². The molecule has 1 N–H and O–H groups in total. The van der Waals surface area contributed by atoms with E-state index in [4.69, 9.17) is 4.74 Å². The molecule has 1 fully saturated rings. The number of hydrogen-bond donors (Lipinski definition) is 1. The van der Waals surface area contributed by atoms with Crippen molar-refractivity contribution in [2.75, 3.05) is 26.2 Å². The molecule has 1 unspecified atom stereocenters. The number of nitrogens with one attached hydrogen (secondary N) is 1. The third-order valence-corrected chi connectivity index (χ3v) is 7.45.